The molecule has 2 aromatic carbocycles. The summed E-state index contributed by atoms with van der Waals surface area (Å²) < 4.78 is 12.1. The van der Waals surface area contributed by atoms with E-state index in [0.29, 0.717) is 34.5 Å². The van der Waals surface area contributed by atoms with Crippen molar-refractivity contribution in [1.82, 2.24) is 19.7 Å². The van der Waals surface area contributed by atoms with Gasteiger partial charge in [-0.25, -0.2) is 4.79 Å². The summed E-state index contributed by atoms with van der Waals surface area (Å²) in [5.74, 6) is 0.776. The summed E-state index contributed by atoms with van der Waals surface area (Å²) in [7, 11) is 1.61. The molecule has 0 unspecified atom stereocenters. The molecular weight excluding hydrogens is 466 g/mol. The fourth-order valence-corrected chi connectivity index (χ4v) is 3.97. The smallest absolute Gasteiger partial charge is 0.338 e. The standard InChI is InChI=1S/C25H23N5O4S/c1-3-34-24(32)17-7-9-18(10-8-17)27-22(31)16-35-25-29-28-23(21-6-4-5-15-26-21)30(25)19-11-13-20(33-2)14-12-19/h4-15H,3,16H2,1-2H3,(H,27,31). The summed E-state index contributed by atoms with van der Waals surface area (Å²) in [5, 5.41) is 12.0. The van der Waals surface area contributed by atoms with E-state index in [1.54, 1.807) is 44.5 Å². The molecule has 9 nitrogen and oxygen atoms in total. The van der Waals surface area contributed by atoms with Crippen LogP contribution >= 0.6 is 11.8 Å². The van der Waals surface area contributed by atoms with E-state index in [4.69, 9.17) is 9.47 Å². The lowest BCUT2D eigenvalue weighted by molar-refractivity contribution is -0.113. The highest BCUT2D eigenvalue weighted by Crippen LogP contribution is 2.28. The second-order valence-corrected chi connectivity index (χ2v) is 8.13. The molecule has 178 valence electrons. The van der Waals surface area contributed by atoms with Gasteiger partial charge in [-0.3, -0.25) is 14.3 Å². The molecule has 0 aliphatic heterocycles. The van der Waals surface area contributed by atoms with Crippen molar-refractivity contribution >= 4 is 29.3 Å². The first kappa shape index (κ1) is 24.0. The Balaban J connectivity index is 1.50. The van der Waals surface area contributed by atoms with E-state index in [0.717, 1.165) is 11.4 Å². The highest BCUT2D eigenvalue weighted by molar-refractivity contribution is 7.99. The van der Waals surface area contributed by atoms with Crippen molar-refractivity contribution in [2.45, 2.75) is 12.1 Å². The van der Waals surface area contributed by atoms with Crippen LogP contribution in [0.2, 0.25) is 0 Å². The quantitative estimate of drug-likeness (QED) is 0.275. The molecule has 0 radical (unpaired) electrons. The first-order valence-corrected chi connectivity index (χ1v) is 11.8. The van der Waals surface area contributed by atoms with Crippen LogP contribution in [0.15, 0.2) is 78.1 Å². The van der Waals surface area contributed by atoms with Crippen molar-refractivity contribution in [2.24, 2.45) is 0 Å². The number of benzene rings is 2. The topological polar surface area (TPSA) is 108 Å². The number of aromatic nitrogens is 4. The maximum absolute atomic E-state index is 12.6. The van der Waals surface area contributed by atoms with Gasteiger partial charge in [-0.15, -0.1) is 10.2 Å². The van der Waals surface area contributed by atoms with Gasteiger partial charge in [0.1, 0.15) is 11.4 Å². The van der Waals surface area contributed by atoms with Crippen LogP contribution in [0.5, 0.6) is 5.75 Å². The zero-order valence-corrected chi connectivity index (χ0v) is 20.0. The fourth-order valence-electron chi connectivity index (χ4n) is 3.22. The molecule has 2 aromatic heterocycles. The lowest BCUT2D eigenvalue weighted by Crippen LogP contribution is -2.15. The highest BCUT2D eigenvalue weighted by atomic mass is 32.2. The summed E-state index contributed by atoms with van der Waals surface area (Å²) in [5.41, 5.74) is 2.48. The number of carbonyl (C=O) groups is 2. The van der Waals surface area contributed by atoms with Crippen molar-refractivity contribution in [3.63, 3.8) is 0 Å². The third-order valence-electron chi connectivity index (χ3n) is 4.87. The zero-order chi connectivity index (χ0) is 24.6. The SMILES string of the molecule is CCOC(=O)c1ccc(NC(=O)CSc2nnc(-c3ccccn3)n2-c2ccc(OC)cc2)cc1. The second kappa shape index (κ2) is 11.3. The summed E-state index contributed by atoms with van der Waals surface area (Å²) in [4.78, 5) is 28.8. The van der Waals surface area contributed by atoms with E-state index in [-0.39, 0.29) is 11.7 Å². The van der Waals surface area contributed by atoms with E-state index < -0.39 is 5.97 Å². The molecule has 0 aliphatic carbocycles. The van der Waals surface area contributed by atoms with Crippen LogP contribution in [-0.2, 0) is 9.53 Å². The predicted molar refractivity (Wildman–Crippen MR) is 133 cm³/mol. The lowest BCUT2D eigenvalue weighted by Gasteiger charge is -2.11. The highest BCUT2D eigenvalue weighted by Gasteiger charge is 2.18. The molecule has 10 heteroatoms. The van der Waals surface area contributed by atoms with Gasteiger partial charge in [-0.1, -0.05) is 17.8 Å². The van der Waals surface area contributed by atoms with Crippen LogP contribution in [0.4, 0.5) is 5.69 Å². The van der Waals surface area contributed by atoms with Gasteiger partial charge in [0.2, 0.25) is 5.91 Å². The minimum atomic E-state index is -0.400. The Bertz CT molecular complexity index is 1290. The number of thioether (sulfide) groups is 1. The van der Waals surface area contributed by atoms with Crippen LogP contribution in [0.1, 0.15) is 17.3 Å². The number of ether oxygens (including phenoxy) is 2. The van der Waals surface area contributed by atoms with Crippen LogP contribution in [-0.4, -0.2) is 51.1 Å². The summed E-state index contributed by atoms with van der Waals surface area (Å²) >= 11 is 1.25. The number of rotatable bonds is 9. The first-order chi connectivity index (χ1) is 17.1. The third kappa shape index (κ3) is 5.85. The molecule has 2 heterocycles. The average molecular weight is 490 g/mol. The van der Waals surface area contributed by atoms with Crippen molar-refractivity contribution in [3.05, 3.63) is 78.5 Å². The molecule has 0 saturated carbocycles. The van der Waals surface area contributed by atoms with Gasteiger partial charge in [0.15, 0.2) is 11.0 Å². The molecule has 4 aromatic rings. The average Bonchev–Trinajstić information content (AvgIpc) is 3.32. The molecule has 1 N–H and O–H groups in total. The van der Waals surface area contributed by atoms with E-state index in [1.807, 2.05) is 47.0 Å². The summed E-state index contributed by atoms with van der Waals surface area (Å²) in [6.07, 6.45) is 1.69. The molecule has 0 aliphatic rings. The monoisotopic (exact) mass is 489 g/mol. The Morgan fingerprint density at radius 3 is 2.43 bits per heavy atom. The summed E-state index contributed by atoms with van der Waals surface area (Å²) in [6, 6.07) is 19.6. The van der Waals surface area contributed by atoms with Gasteiger partial charge in [0, 0.05) is 11.9 Å². The maximum Gasteiger partial charge on any atom is 0.338 e. The van der Waals surface area contributed by atoms with Gasteiger partial charge in [-0.05, 0) is 67.6 Å². The van der Waals surface area contributed by atoms with Gasteiger partial charge in [-0.2, -0.15) is 0 Å². The first-order valence-electron chi connectivity index (χ1n) is 10.8. The second-order valence-electron chi connectivity index (χ2n) is 7.19. The molecular formula is C25H23N5O4S. The molecule has 0 saturated heterocycles. The van der Waals surface area contributed by atoms with Crippen LogP contribution in [0.25, 0.3) is 17.2 Å². The van der Waals surface area contributed by atoms with Crippen molar-refractivity contribution in [2.75, 3.05) is 24.8 Å². The van der Waals surface area contributed by atoms with E-state index >= 15 is 0 Å². The fraction of sp³-hybridized carbons (Fsp3) is 0.160. The lowest BCUT2D eigenvalue weighted by atomic mass is 10.2. The number of pyridine rings is 1. The van der Waals surface area contributed by atoms with E-state index in [2.05, 4.69) is 20.5 Å². The molecule has 35 heavy (non-hydrogen) atoms. The third-order valence-corrected chi connectivity index (χ3v) is 5.80. The molecule has 4 rings (SSSR count). The number of hydrogen-bond donors (Lipinski definition) is 1. The van der Waals surface area contributed by atoms with E-state index in [9.17, 15) is 9.59 Å². The minimum Gasteiger partial charge on any atom is -0.497 e. The number of esters is 1. The van der Waals surface area contributed by atoms with Gasteiger partial charge in [0.05, 0.1) is 30.7 Å². The van der Waals surface area contributed by atoms with Crippen molar-refractivity contribution in [3.8, 4) is 23.0 Å². The zero-order valence-electron chi connectivity index (χ0n) is 19.2. The molecule has 0 fully saturated rings. The van der Waals surface area contributed by atoms with Crippen molar-refractivity contribution in [1.29, 1.82) is 0 Å². The van der Waals surface area contributed by atoms with Crippen LogP contribution in [0, 0.1) is 0 Å². The van der Waals surface area contributed by atoms with Crippen LogP contribution < -0.4 is 10.1 Å². The number of methoxy groups -OCH3 is 1. The molecule has 0 spiro atoms. The Labute approximate surface area is 206 Å². The number of amides is 1. The van der Waals surface area contributed by atoms with Gasteiger partial charge in [0.25, 0.3) is 0 Å². The molecule has 0 atom stereocenters. The minimum absolute atomic E-state index is 0.107. The van der Waals surface area contributed by atoms with Crippen molar-refractivity contribution < 1.29 is 19.1 Å². The number of anilines is 1. The van der Waals surface area contributed by atoms with Gasteiger partial charge >= 0.3 is 5.97 Å². The Morgan fingerprint density at radius 2 is 1.77 bits per heavy atom. The normalized spacial score (nSPS) is 10.6. The maximum atomic E-state index is 12.6. The Hall–Kier alpha value is -4.18. The number of nitrogens with zero attached hydrogens (tertiary/aromatic N) is 4. The van der Waals surface area contributed by atoms with Crippen LogP contribution in [0.3, 0.4) is 0 Å². The van der Waals surface area contributed by atoms with Gasteiger partial charge < -0.3 is 14.8 Å². The number of carbonyl (C=O) groups excluding carboxylic acids is 2. The summed E-state index contributed by atoms with van der Waals surface area (Å²) in [6.45, 7) is 2.05. The largest absolute Gasteiger partial charge is 0.497 e. The number of nitrogens with one attached hydrogen (secondary N) is 1. The number of hydrogen-bond acceptors (Lipinski definition) is 8. The predicted octanol–water partition coefficient (Wildman–Crippen LogP) is 4.25. The Kier molecular flexibility index (Phi) is 7.74. The molecule has 1 amide bonds. The van der Waals surface area contributed by atoms with E-state index in [1.165, 1.54) is 11.8 Å². The Morgan fingerprint density at radius 1 is 1.00 bits per heavy atom. The molecule has 0 bridgehead atoms.